The molecule has 0 radical (unpaired) electrons. The molecule has 8 heteroatoms. The largest absolute Gasteiger partial charge is 0.410 e. The molecule has 4 rings (SSSR count). The molecule has 1 aromatic carbocycles. The zero-order valence-corrected chi connectivity index (χ0v) is 14.8. The summed E-state index contributed by atoms with van der Waals surface area (Å²) < 4.78 is 40.9. The predicted molar refractivity (Wildman–Crippen MR) is 94.8 cm³/mol. The van der Waals surface area contributed by atoms with Crippen LogP contribution >= 0.6 is 0 Å². The molecule has 27 heavy (non-hydrogen) atoms. The molecule has 0 N–H and O–H groups in total. The fourth-order valence-electron chi connectivity index (χ4n) is 3.45. The van der Waals surface area contributed by atoms with E-state index in [2.05, 4.69) is 10.1 Å². The lowest BCUT2D eigenvalue weighted by molar-refractivity contribution is -0.172. The smallest absolute Gasteiger partial charge is 0.293 e. The third-order valence-corrected chi connectivity index (χ3v) is 4.73. The Hall–Kier alpha value is -2.90. The first-order valence-electron chi connectivity index (χ1n) is 8.56. The van der Waals surface area contributed by atoms with Crippen LogP contribution in [0, 0.1) is 13.8 Å². The first-order valence-corrected chi connectivity index (χ1v) is 8.56. The quantitative estimate of drug-likeness (QED) is 0.641. The molecule has 0 spiro atoms. The summed E-state index contributed by atoms with van der Waals surface area (Å²) in [5.74, 6) is -0.174. The second kappa shape index (κ2) is 6.07. The van der Waals surface area contributed by atoms with Gasteiger partial charge in [0.2, 0.25) is 0 Å². The minimum atomic E-state index is -4.41. The van der Waals surface area contributed by atoms with Gasteiger partial charge in [-0.1, -0.05) is 6.07 Å². The van der Waals surface area contributed by atoms with Gasteiger partial charge in [0, 0.05) is 29.3 Å². The number of rotatable bonds is 1. The number of hydrogen-bond acceptors (Lipinski definition) is 3. The summed E-state index contributed by atoms with van der Waals surface area (Å²) in [5.41, 5.74) is 2.49. The maximum atomic E-state index is 13.3. The minimum Gasteiger partial charge on any atom is -0.293 e. The van der Waals surface area contributed by atoms with E-state index in [-0.39, 0.29) is 24.7 Å². The number of carbonyl (C=O) groups is 1. The topological polar surface area (TPSA) is 51.0 Å². The molecule has 140 valence electrons. The van der Waals surface area contributed by atoms with Gasteiger partial charge in [-0.05, 0) is 44.5 Å². The van der Waals surface area contributed by atoms with Crippen molar-refractivity contribution in [2.75, 3.05) is 11.4 Å². The highest BCUT2D eigenvalue weighted by molar-refractivity contribution is 6.07. The van der Waals surface area contributed by atoms with Crippen LogP contribution in [0.2, 0.25) is 0 Å². The SMILES string of the molecule is Cc1ccc2cc(C(=O)N3CC[C@@H](C(F)(F)F)n4nc(C)cc43)ccc2n1. The van der Waals surface area contributed by atoms with Crippen molar-refractivity contribution in [2.45, 2.75) is 32.5 Å². The molecule has 1 atom stereocenters. The molecule has 0 bridgehead atoms. The molecule has 1 amide bonds. The van der Waals surface area contributed by atoms with Crippen LogP contribution in [-0.4, -0.2) is 33.4 Å². The Bertz CT molecular complexity index is 1040. The number of nitrogens with zero attached hydrogens (tertiary/aromatic N) is 4. The molecule has 0 fully saturated rings. The zero-order chi connectivity index (χ0) is 19.3. The molecular weight excluding hydrogens is 357 g/mol. The molecule has 0 saturated heterocycles. The zero-order valence-electron chi connectivity index (χ0n) is 14.8. The second-order valence-corrected chi connectivity index (χ2v) is 6.75. The number of anilines is 1. The van der Waals surface area contributed by atoms with E-state index in [4.69, 9.17) is 0 Å². The molecule has 0 unspecified atom stereocenters. The van der Waals surface area contributed by atoms with Gasteiger partial charge in [-0.3, -0.25) is 14.7 Å². The van der Waals surface area contributed by atoms with Crippen molar-refractivity contribution >= 4 is 22.6 Å². The Kier molecular flexibility index (Phi) is 3.94. The number of alkyl halides is 3. The molecule has 0 aliphatic carbocycles. The van der Waals surface area contributed by atoms with E-state index < -0.39 is 12.2 Å². The molecule has 3 heterocycles. The van der Waals surface area contributed by atoms with Crippen molar-refractivity contribution in [1.29, 1.82) is 0 Å². The van der Waals surface area contributed by atoms with Crippen molar-refractivity contribution in [2.24, 2.45) is 0 Å². The third-order valence-electron chi connectivity index (χ3n) is 4.73. The van der Waals surface area contributed by atoms with E-state index >= 15 is 0 Å². The Morgan fingerprint density at radius 1 is 1.11 bits per heavy atom. The van der Waals surface area contributed by atoms with Gasteiger partial charge in [-0.15, -0.1) is 0 Å². The summed E-state index contributed by atoms with van der Waals surface area (Å²) in [7, 11) is 0. The molecule has 5 nitrogen and oxygen atoms in total. The molecule has 2 aromatic heterocycles. The number of pyridine rings is 1. The van der Waals surface area contributed by atoms with Crippen molar-refractivity contribution in [3.8, 4) is 0 Å². The molecule has 3 aromatic rings. The molecule has 1 aliphatic rings. The number of hydrogen-bond donors (Lipinski definition) is 0. The van der Waals surface area contributed by atoms with Crippen LogP contribution in [0.1, 0.15) is 34.2 Å². The maximum Gasteiger partial charge on any atom is 0.410 e. The van der Waals surface area contributed by atoms with Gasteiger partial charge in [0.15, 0.2) is 6.04 Å². The van der Waals surface area contributed by atoms with E-state index in [1.54, 1.807) is 25.1 Å². The Labute approximate surface area is 153 Å². The van der Waals surface area contributed by atoms with Crippen LogP contribution in [0.25, 0.3) is 10.9 Å². The van der Waals surface area contributed by atoms with Gasteiger partial charge >= 0.3 is 6.18 Å². The van der Waals surface area contributed by atoms with Crippen molar-refractivity contribution in [3.63, 3.8) is 0 Å². The van der Waals surface area contributed by atoms with Gasteiger partial charge in [-0.25, -0.2) is 4.68 Å². The molecule has 0 saturated carbocycles. The normalized spacial score (nSPS) is 17.2. The van der Waals surface area contributed by atoms with Gasteiger partial charge in [0.05, 0.1) is 11.2 Å². The highest BCUT2D eigenvalue weighted by atomic mass is 19.4. The van der Waals surface area contributed by atoms with E-state index in [9.17, 15) is 18.0 Å². The second-order valence-electron chi connectivity index (χ2n) is 6.75. The summed E-state index contributed by atoms with van der Waals surface area (Å²) in [5, 5.41) is 4.78. The van der Waals surface area contributed by atoms with Gasteiger partial charge in [0.25, 0.3) is 5.91 Å². The minimum absolute atomic E-state index is 0.0155. The van der Waals surface area contributed by atoms with E-state index in [1.165, 1.54) is 11.0 Å². The van der Waals surface area contributed by atoms with Gasteiger partial charge < -0.3 is 0 Å². The van der Waals surface area contributed by atoms with E-state index in [0.717, 1.165) is 21.3 Å². The first-order chi connectivity index (χ1) is 12.7. The Morgan fingerprint density at radius 3 is 2.63 bits per heavy atom. The maximum absolute atomic E-state index is 13.3. The number of benzene rings is 1. The summed E-state index contributed by atoms with van der Waals surface area (Å²) >= 11 is 0. The van der Waals surface area contributed by atoms with Crippen LogP contribution in [0.5, 0.6) is 0 Å². The number of aromatic nitrogens is 3. The summed E-state index contributed by atoms with van der Waals surface area (Å²) in [6.45, 7) is 3.48. The lowest BCUT2D eigenvalue weighted by Crippen LogP contribution is -2.43. The standard InChI is InChI=1S/C19H17F3N4O/c1-11-3-4-13-10-14(5-6-15(13)23-11)18(27)25-8-7-16(19(20,21)22)26-17(25)9-12(2)24-26/h3-6,9-10,16H,7-8H2,1-2H3/t16-/m0/s1. The Balaban J connectivity index is 1.72. The van der Waals surface area contributed by atoms with Gasteiger partial charge in [-0.2, -0.15) is 18.3 Å². The highest BCUT2D eigenvalue weighted by Crippen LogP contribution is 2.39. The monoisotopic (exact) mass is 374 g/mol. The van der Waals surface area contributed by atoms with Crippen LogP contribution in [-0.2, 0) is 0 Å². The van der Waals surface area contributed by atoms with Crippen molar-refractivity contribution in [1.82, 2.24) is 14.8 Å². The van der Waals surface area contributed by atoms with Crippen molar-refractivity contribution in [3.05, 3.63) is 53.3 Å². The summed E-state index contributed by atoms with van der Waals surface area (Å²) in [6.07, 6.45) is -4.63. The van der Waals surface area contributed by atoms with E-state index in [0.29, 0.717) is 11.3 Å². The summed E-state index contributed by atoms with van der Waals surface area (Å²) in [4.78, 5) is 18.8. The van der Waals surface area contributed by atoms with Crippen LogP contribution in [0.4, 0.5) is 19.0 Å². The average Bonchev–Trinajstić information content (AvgIpc) is 2.99. The number of halogens is 3. The summed E-state index contributed by atoms with van der Waals surface area (Å²) in [6, 6.07) is 8.65. The number of amides is 1. The predicted octanol–water partition coefficient (Wildman–Crippen LogP) is 4.20. The fraction of sp³-hybridized carbons (Fsp3) is 0.316. The number of aryl methyl sites for hydroxylation is 2. The molecular formula is C19H17F3N4O. The lowest BCUT2D eigenvalue weighted by atomic mass is 10.1. The van der Waals surface area contributed by atoms with E-state index in [1.807, 2.05) is 19.1 Å². The van der Waals surface area contributed by atoms with Crippen LogP contribution in [0.3, 0.4) is 0 Å². The lowest BCUT2D eigenvalue weighted by Gasteiger charge is -2.33. The Morgan fingerprint density at radius 2 is 1.89 bits per heavy atom. The molecule has 1 aliphatic heterocycles. The van der Waals surface area contributed by atoms with Crippen molar-refractivity contribution < 1.29 is 18.0 Å². The number of carbonyl (C=O) groups excluding carboxylic acids is 1. The average molecular weight is 374 g/mol. The first kappa shape index (κ1) is 17.5. The fourth-order valence-corrected chi connectivity index (χ4v) is 3.45. The highest BCUT2D eigenvalue weighted by Gasteiger charge is 2.46. The number of fused-ring (bicyclic) bond motifs is 2. The third kappa shape index (κ3) is 3.05. The van der Waals surface area contributed by atoms with Crippen LogP contribution < -0.4 is 4.90 Å². The van der Waals surface area contributed by atoms with Crippen LogP contribution in [0.15, 0.2) is 36.4 Å². The van der Waals surface area contributed by atoms with Gasteiger partial charge in [0.1, 0.15) is 5.82 Å².